The van der Waals surface area contributed by atoms with Gasteiger partial charge in [0.15, 0.2) is 0 Å². The fourth-order valence-electron chi connectivity index (χ4n) is 0. The SMILES string of the molecule is [Mo+6].[Ni+2].[O-2].[O-2].[O-2].[O-2].[O-2].[O-2].[O-2].[W+6]. The first-order valence-electron chi connectivity index (χ1n) is 0. The topological polar surface area (TPSA) is 200 Å². The minimum absolute atomic E-state index is 0. The van der Waals surface area contributed by atoms with E-state index in [2.05, 4.69) is 0 Å². The molecule has 0 unspecified atom stereocenters. The normalized spacial score (nSPS) is 0. The van der Waals surface area contributed by atoms with Gasteiger partial charge in [0.1, 0.15) is 0 Å². The minimum Gasteiger partial charge on any atom is -2.00 e. The summed E-state index contributed by atoms with van der Waals surface area (Å²) in [6, 6.07) is 0. The summed E-state index contributed by atoms with van der Waals surface area (Å²) >= 11 is 0. The monoisotopic (exact) mass is 452 g/mol. The molecule has 0 fully saturated rings. The summed E-state index contributed by atoms with van der Waals surface area (Å²) in [5, 5.41) is 0. The van der Waals surface area contributed by atoms with Crippen molar-refractivity contribution in [3.63, 3.8) is 0 Å². The third kappa shape index (κ3) is 280. The molecule has 10 heteroatoms. The van der Waals surface area contributed by atoms with E-state index < -0.39 is 0 Å². The van der Waals surface area contributed by atoms with Crippen LogP contribution in [0.15, 0.2) is 0 Å². The molecule has 64 valence electrons. The molecule has 0 radical (unpaired) electrons. The molecule has 0 saturated carbocycles. The van der Waals surface area contributed by atoms with Gasteiger partial charge in [0, 0.05) is 0 Å². The van der Waals surface area contributed by atoms with Crippen LogP contribution in [-0.4, -0.2) is 0 Å². The predicted molar refractivity (Wildman–Crippen MR) is 4.81 cm³/mol. The third-order valence-electron chi connectivity index (χ3n) is 0. The smallest absolute Gasteiger partial charge is 2.00 e. The second-order valence-electron chi connectivity index (χ2n) is 0. The van der Waals surface area contributed by atoms with E-state index in [4.69, 9.17) is 0 Å². The molecule has 7 nitrogen and oxygen atoms in total. The second kappa shape index (κ2) is 385. The van der Waals surface area contributed by atoms with Gasteiger partial charge in [-0.3, -0.25) is 0 Å². The molecule has 0 spiro atoms. The third-order valence-corrected chi connectivity index (χ3v) is 0. The Balaban J connectivity index is 0. The van der Waals surface area contributed by atoms with Crippen LogP contribution in [0.5, 0.6) is 0 Å². The standard InChI is InChI=1S/Mo.Ni.7O.W/q+6;+2;7*-2;+6. The van der Waals surface area contributed by atoms with Crippen LogP contribution in [0.1, 0.15) is 0 Å². The maximum atomic E-state index is 0. The van der Waals surface area contributed by atoms with E-state index in [1.54, 1.807) is 0 Å². The minimum atomic E-state index is 0. The predicted octanol–water partition coefficient (Wildman–Crippen LogP) is -0.839. The Bertz CT molecular complexity index is 13.6. The van der Waals surface area contributed by atoms with Crippen LogP contribution in [0.4, 0.5) is 0 Å². The molecule has 10 heavy (non-hydrogen) atoms. The summed E-state index contributed by atoms with van der Waals surface area (Å²) in [4.78, 5) is 0. The Morgan fingerprint density at radius 3 is 0.400 bits per heavy atom. The van der Waals surface area contributed by atoms with Crippen LogP contribution in [0.2, 0.25) is 0 Å². The zero-order chi connectivity index (χ0) is 0. The first-order valence-corrected chi connectivity index (χ1v) is 0. The van der Waals surface area contributed by atoms with Gasteiger partial charge in [-0.05, 0) is 0 Å². The molecule has 0 aromatic rings. The van der Waals surface area contributed by atoms with Crippen LogP contribution in [-0.2, 0) is 97.0 Å². The quantitative estimate of drug-likeness (QED) is 0.415. The largest absolute Gasteiger partial charge is 6.00 e. The fraction of sp³-hybridized carbons (Fsp3) is 0. The zero-order valence-corrected chi connectivity index (χ0v) is 9.92. The Labute approximate surface area is 96.6 Å². The average molecular weight is 450 g/mol. The molecule has 0 aliphatic carbocycles. The van der Waals surface area contributed by atoms with E-state index in [0.29, 0.717) is 0 Å². The summed E-state index contributed by atoms with van der Waals surface area (Å²) < 4.78 is 0. The van der Waals surface area contributed by atoms with E-state index in [9.17, 15) is 0 Å². The summed E-state index contributed by atoms with van der Waals surface area (Å²) in [6.07, 6.45) is 0. The van der Waals surface area contributed by atoms with Gasteiger partial charge >= 0.3 is 58.6 Å². The van der Waals surface area contributed by atoms with Crippen molar-refractivity contribution < 1.29 is 97.0 Å². The molecule has 0 rings (SSSR count). The van der Waals surface area contributed by atoms with E-state index in [0.717, 1.165) is 0 Å². The van der Waals surface area contributed by atoms with Gasteiger partial charge in [0.05, 0.1) is 0 Å². The number of rotatable bonds is 0. The maximum absolute atomic E-state index is 0. The molecule has 0 aliphatic rings. The van der Waals surface area contributed by atoms with Crippen molar-refractivity contribution in [3.8, 4) is 0 Å². The summed E-state index contributed by atoms with van der Waals surface area (Å²) in [5.41, 5.74) is 0. The number of hydrogen-bond acceptors (Lipinski definition) is 0. The molecule has 0 heterocycles. The Hall–Kier alpha value is 1.59. The molecular formula is MoNiO7W. The summed E-state index contributed by atoms with van der Waals surface area (Å²) in [7, 11) is 0. The van der Waals surface area contributed by atoms with Crippen LogP contribution < -0.4 is 0 Å². The first-order chi connectivity index (χ1) is 0. The van der Waals surface area contributed by atoms with Gasteiger partial charge in [-0.1, -0.05) is 0 Å². The van der Waals surface area contributed by atoms with Gasteiger partial charge in [-0.25, -0.2) is 0 Å². The molecule has 0 N–H and O–H groups in total. The molecule has 0 aromatic heterocycles. The van der Waals surface area contributed by atoms with Crippen molar-refractivity contribution in [1.29, 1.82) is 0 Å². The molecule has 0 aliphatic heterocycles. The Morgan fingerprint density at radius 1 is 0.400 bits per heavy atom. The van der Waals surface area contributed by atoms with E-state index in [1.165, 1.54) is 0 Å². The molecule has 0 saturated heterocycles. The van der Waals surface area contributed by atoms with Gasteiger partial charge in [-0.2, -0.15) is 0 Å². The number of hydrogen-bond donors (Lipinski definition) is 0. The van der Waals surface area contributed by atoms with Gasteiger partial charge < -0.3 is 38.3 Å². The maximum Gasteiger partial charge on any atom is 6.00 e. The van der Waals surface area contributed by atoms with E-state index >= 15 is 0 Å². The van der Waals surface area contributed by atoms with Crippen molar-refractivity contribution in [1.82, 2.24) is 0 Å². The second-order valence-corrected chi connectivity index (χ2v) is 0. The van der Waals surface area contributed by atoms with Crippen molar-refractivity contribution >= 4 is 0 Å². The first kappa shape index (κ1) is 514. The van der Waals surface area contributed by atoms with Crippen LogP contribution in [0.25, 0.3) is 0 Å². The summed E-state index contributed by atoms with van der Waals surface area (Å²) in [6.45, 7) is 0. The van der Waals surface area contributed by atoms with Crippen molar-refractivity contribution in [2.45, 2.75) is 0 Å². The Kier molecular flexibility index (Phi) is 19800. The molecule has 0 bridgehead atoms. The van der Waals surface area contributed by atoms with Gasteiger partial charge in [0.2, 0.25) is 0 Å². The van der Waals surface area contributed by atoms with Crippen LogP contribution in [0.3, 0.4) is 0 Å². The average Bonchev–Trinajstić information content (AvgIpc) is 0. The van der Waals surface area contributed by atoms with E-state index in [-0.39, 0.29) is 97.0 Å². The van der Waals surface area contributed by atoms with Gasteiger partial charge in [-0.15, -0.1) is 0 Å². The van der Waals surface area contributed by atoms with Crippen molar-refractivity contribution in [2.75, 3.05) is 0 Å². The van der Waals surface area contributed by atoms with Crippen molar-refractivity contribution in [3.05, 3.63) is 0 Å². The summed E-state index contributed by atoms with van der Waals surface area (Å²) in [5.74, 6) is 0. The van der Waals surface area contributed by atoms with Gasteiger partial charge in [0.25, 0.3) is 0 Å². The molecule has 0 atom stereocenters. The molecule has 0 aromatic carbocycles. The molecular weight excluding hydrogens is 450 g/mol. The van der Waals surface area contributed by atoms with Crippen molar-refractivity contribution in [2.24, 2.45) is 0 Å². The van der Waals surface area contributed by atoms with Crippen LogP contribution >= 0.6 is 0 Å². The molecule has 0 amide bonds. The van der Waals surface area contributed by atoms with E-state index in [1.807, 2.05) is 0 Å². The van der Waals surface area contributed by atoms with Crippen LogP contribution in [0, 0.1) is 0 Å². The Morgan fingerprint density at radius 2 is 0.400 bits per heavy atom. The zero-order valence-electron chi connectivity index (χ0n) is 3.99. The fourth-order valence-corrected chi connectivity index (χ4v) is 0.